The molecule has 0 fully saturated rings. The van der Waals surface area contributed by atoms with Crippen molar-refractivity contribution in [1.29, 1.82) is 0 Å². The maximum atomic E-state index is 13.3. The number of nitrogens with zero attached hydrogens (tertiary/aromatic N) is 3. The van der Waals surface area contributed by atoms with E-state index in [9.17, 15) is 9.59 Å². The quantitative estimate of drug-likeness (QED) is 0.403. The number of thiophene rings is 1. The molecule has 1 aliphatic carbocycles. The molecule has 35 heavy (non-hydrogen) atoms. The van der Waals surface area contributed by atoms with Crippen LogP contribution in [0.25, 0.3) is 5.69 Å². The summed E-state index contributed by atoms with van der Waals surface area (Å²) in [5.74, 6) is 0.299. The van der Waals surface area contributed by atoms with E-state index in [0.717, 1.165) is 48.4 Å². The molecule has 2 N–H and O–H groups in total. The van der Waals surface area contributed by atoms with Crippen LogP contribution in [0, 0.1) is 0 Å². The second kappa shape index (κ2) is 10.1. The summed E-state index contributed by atoms with van der Waals surface area (Å²) in [5, 5.41) is 11.1. The summed E-state index contributed by atoms with van der Waals surface area (Å²) in [6.07, 6.45) is 8.88. The molecule has 0 radical (unpaired) electrons. The molecule has 0 spiro atoms. The number of fused-ring (bicyclic) bond motifs is 1. The van der Waals surface area contributed by atoms with Gasteiger partial charge in [-0.2, -0.15) is 5.10 Å². The monoisotopic (exact) mass is 487 g/mol. The van der Waals surface area contributed by atoms with Gasteiger partial charge in [-0.1, -0.05) is 0 Å². The highest BCUT2D eigenvalue weighted by Crippen LogP contribution is 2.38. The van der Waals surface area contributed by atoms with Crippen molar-refractivity contribution >= 4 is 28.2 Å². The van der Waals surface area contributed by atoms with E-state index < -0.39 is 0 Å². The molecule has 1 aromatic carbocycles. The minimum Gasteiger partial charge on any atom is -0.497 e. The number of hydrogen-bond acceptors (Lipinski definition) is 6. The van der Waals surface area contributed by atoms with Crippen molar-refractivity contribution in [2.45, 2.75) is 32.2 Å². The lowest BCUT2D eigenvalue weighted by molar-refractivity contribution is 0.0950. The molecule has 2 amide bonds. The van der Waals surface area contributed by atoms with Crippen LogP contribution in [-0.2, 0) is 19.4 Å². The molecule has 3 heterocycles. The van der Waals surface area contributed by atoms with Crippen molar-refractivity contribution in [3.63, 3.8) is 0 Å². The van der Waals surface area contributed by atoms with Gasteiger partial charge in [-0.3, -0.25) is 14.6 Å². The zero-order valence-electron chi connectivity index (χ0n) is 19.3. The second-order valence-electron chi connectivity index (χ2n) is 8.24. The summed E-state index contributed by atoms with van der Waals surface area (Å²) in [6, 6.07) is 12.9. The summed E-state index contributed by atoms with van der Waals surface area (Å²) >= 11 is 1.50. The van der Waals surface area contributed by atoms with Crippen LogP contribution < -0.4 is 15.4 Å². The number of carbonyl (C=O) groups is 2. The van der Waals surface area contributed by atoms with E-state index in [1.807, 2.05) is 36.5 Å². The van der Waals surface area contributed by atoms with Gasteiger partial charge in [0.2, 0.25) is 0 Å². The first kappa shape index (κ1) is 22.8. The van der Waals surface area contributed by atoms with Crippen LogP contribution in [0.1, 0.15) is 49.7 Å². The molecule has 0 saturated carbocycles. The smallest absolute Gasteiger partial charge is 0.257 e. The molecule has 0 atom stereocenters. The third-order valence-corrected chi connectivity index (χ3v) is 7.17. The van der Waals surface area contributed by atoms with Crippen LogP contribution >= 0.6 is 11.3 Å². The Bertz CT molecular complexity index is 1350. The average Bonchev–Trinajstić information content (AvgIpc) is 3.52. The Morgan fingerprint density at radius 1 is 1.09 bits per heavy atom. The maximum absolute atomic E-state index is 13.3. The minimum atomic E-state index is -0.274. The Morgan fingerprint density at radius 3 is 2.69 bits per heavy atom. The summed E-state index contributed by atoms with van der Waals surface area (Å²) in [7, 11) is 1.63. The molecule has 178 valence electrons. The van der Waals surface area contributed by atoms with Gasteiger partial charge in [0.1, 0.15) is 10.8 Å². The van der Waals surface area contributed by atoms with Crippen LogP contribution in [0.5, 0.6) is 5.75 Å². The Hall–Kier alpha value is -3.98. The number of aryl methyl sites for hydroxylation is 1. The summed E-state index contributed by atoms with van der Waals surface area (Å²) in [5.41, 5.74) is 3.70. The first-order chi connectivity index (χ1) is 17.1. The Kier molecular flexibility index (Phi) is 6.58. The largest absolute Gasteiger partial charge is 0.497 e. The van der Waals surface area contributed by atoms with Crippen molar-refractivity contribution in [3.05, 3.63) is 88.3 Å². The highest BCUT2D eigenvalue weighted by atomic mass is 32.1. The predicted molar refractivity (Wildman–Crippen MR) is 134 cm³/mol. The summed E-state index contributed by atoms with van der Waals surface area (Å²) < 4.78 is 6.96. The molecular weight excluding hydrogens is 462 g/mol. The zero-order valence-corrected chi connectivity index (χ0v) is 20.1. The number of anilines is 1. The SMILES string of the molecule is COc1ccc(-n2ccc(CNC(=O)c3c(NC(=O)c4cccnc4)sc4c3CCCC4)n2)cc1. The molecule has 9 heteroatoms. The van der Waals surface area contributed by atoms with Crippen LogP contribution in [0.3, 0.4) is 0 Å². The van der Waals surface area contributed by atoms with Crippen molar-refractivity contribution in [3.8, 4) is 11.4 Å². The number of nitrogens with one attached hydrogen (secondary N) is 2. The topological polar surface area (TPSA) is 98.1 Å². The van der Waals surface area contributed by atoms with Crippen LogP contribution in [0.4, 0.5) is 5.00 Å². The molecule has 8 nitrogen and oxygen atoms in total. The third-order valence-electron chi connectivity index (χ3n) is 5.96. The number of hydrogen-bond donors (Lipinski definition) is 2. The van der Waals surface area contributed by atoms with Crippen molar-refractivity contribution in [1.82, 2.24) is 20.1 Å². The highest BCUT2D eigenvalue weighted by Gasteiger charge is 2.26. The van der Waals surface area contributed by atoms with E-state index in [1.54, 1.807) is 30.1 Å². The zero-order chi connectivity index (χ0) is 24.2. The third kappa shape index (κ3) is 4.95. The molecule has 1 aliphatic rings. The lowest BCUT2D eigenvalue weighted by Crippen LogP contribution is -2.25. The van der Waals surface area contributed by atoms with Gasteiger partial charge in [0.05, 0.1) is 36.2 Å². The Balaban J connectivity index is 1.32. The van der Waals surface area contributed by atoms with Crippen LogP contribution in [0.15, 0.2) is 61.1 Å². The molecule has 0 aliphatic heterocycles. The number of amides is 2. The van der Waals surface area contributed by atoms with E-state index >= 15 is 0 Å². The van der Waals surface area contributed by atoms with Gasteiger partial charge in [0.25, 0.3) is 11.8 Å². The number of aromatic nitrogens is 3. The van der Waals surface area contributed by atoms with E-state index in [0.29, 0.717) is 16.1 Å². The van der Waals surface area contributed by atoms with Crippen molar-refractivity contribution in [2.75, 3.05) is 12.4 Å². The average molecular weight is 488 g/mol. The van der Waals surface area contributed by atoms with Gasteiger partial charge in [-0.15, -0.1) is 11.3 Å². The molecule has 4 aromatic rings. The number of rotatable bonds is 7. The van der Waals surface area contributed by atoms with Crippen molar-refractivity contribution < 1.29 is 14.3 Å². The van der Waals surface area contributed by atoms with Gasteiger partial charge in [0.15, 0.2) is 0 Å². The Morgan fingerprint density at radius 2 is 1.91 bits per heavy atom. The van der Waals surface area contributed by atoms with E-state index in [-0.39, 0.29) is 18.4 Å². The second-order valence-corrected chi connectivity index (χ2v) is 9.35. The number of ether oxygens (including phenoxy) is 1. The fourth-order valence-electron chi connectivity index (χ4n) is 4.16. The lowest BCUT2D eigenvalue weighted by atomic mass is 9.95. The normalized spacial score (nSPS) is 12.6. The molecule has 0 unspecified atom stereocenters. The van der Waals surface area contributed by atoms with Crippen molar-refractivity contribution in [2.24, 2.45) is 0 Å². The number of benzene rings is 1. The van der Waals surface area contributed by atoms with Crippen LogP contribution in [0.2, 0.25) is 0 Å². The minimum absolute atomic E-state index is 0.204. The van der Waals surface area contributed by atoms with Gasteiger partial charge < -0.3 is 15.4 Å². The maximum Gasteiger partial charge on any atom is 0.257 e. The number of pyridine rings is 1. The molecular formula is C26H25N5O3S. The lowest BCUT2D eigenvalue weighted by Gasteiger charge is -2.13. The predicted octanol–water partition coefficient (Wildman–Crippen LogP) is 4.40. The first-order valence-corrected chi connectivity index (χ1v) is 12.3. The van der Waals surface area contributed by atoms with E-state index in [2.05, 4.69) is 20.7 Å². The molecule has 5 rings (SSSR count). The fraction of sp³-hybridized carbons (Fsp3) is 0.231. The molecule has 0 bridgehead atoms. The fourth-order valence-corrected chi connectivity index (χ4v) is 5.44. The van der Waals surface area contributed by atoms with Gasteiger partial charge in [-0.05, 0) is 73.7 Å². The standard InChI is InChI=1S/C26H25N5O3S/c1-34-20-10-8-19(9-11-20)31-14-12-18(30-31)16-28-25(33)23-21-6-2-3-7-22(21)35-26(23)29-24(32)17-5-4-13-27-15-17/h4-5,8-15H,2-3,6-7,16H2,1H3,(H,28,33)(H,29,32). The van der Waals surface area contributed by atoms with Gasteiger partial charge in [0, 0.05) is 23.5 Å². The summed E-state index contributed by atoms with van der Waals surface area (Å²) in [6.45, 7) is 0.280. The number of methoxy groups -OCH3 is 1. The molecule has 0 saturated heterocycles. The van der Waals surface area contributed by atoms with Crippen LogP contribution in [-0.4, -0.2) is 33.7 Å². The number of carbonyl (C=O) groups excluding carboxylic acids is 2. The Labute approximate surface area is 207 Å². The molecule has 3 aromatic heterocycles. The summed E-state index contributed by atoms with van der Waals surface area (Å²) in [4.78, 5) is 31.3. The van der Waals surface area contributed by atoms with E-state index in [1.165, 1.54) is 22.4 Å². The van der Waals surface area contributed by atoms with E-state index in [4.69, 9.17) is 4.74 Å². The van der Waals surface area contributed by atoms with Gasteiger partial charge in [-0.25, -0.2) is 4.68 Å². The first-order valence-electron chi connectivity index (χ1n) is 11.5. The highest BCUT2D eigenvalue weighted by molar-refractivity contribution is 7.17. The van der Waals surface area contributed by atoms with Gasteiger partial charge >= 0.3 is 0 Å².